The van der Waals surface area contributed by atoms with Gasteiger partial charge in [0.2, 0.25) is 0 Å². The van der Waals surface area contributed by atoms with Crippen LogP contribution >= 0.6 is 0 Å². The highest BCUT2D eigenvalue weighted by Crippen LogP contribution is 2.21. The molecule has 0 aliphatic rings. The minimum atomic E-state index is -1.41. The minimum absolute atomic E-state index is 0.0452. The Kier molecular flexibility index (Phi) is 2.69. The third-order valence-corrected chi connectivity index (χ3v) is 1.75. The molecule has 0 bridgehead atoms. The number of halogens is 2. The number of carboxylic acids is 1. The third kappa shape index (κ3) is 1.81. The van der Waals surface area contributed by atoms with Crippen LogP contribution in [-0.4, -0.2) is 25.2 Å². The van der Waals surface area contributed by atoms with Gasteiger partial charge in [-0.1, -0.05) is 0 Å². The lowest BCUT2D eigenvalue weighted by atomic mass is 10.1. The normalized spacial score (nSPS) is 10.0. The fourth-order valence-corrected chi connectivity index (χ4v) is 1.04. The lowest BCUT2D eigenvalue weighted by Crippen LogP contribution is -2.13. The van der Waals surface area contributed by atoms with Gasteiger partial charge in [0, 0.05) is 20.2 Å². The van der Waals surface area contributed by atoms with Crippen molar-refractivity contribution in [2.75, 3.05) is 19.0 Å². The fraction of sp³-hybridized carbons (Fsp3) is 0.222. The zero-order valence-corrected chi connectivity index (χ0v) is 7.71. The Labute approximate surface area is 79.6 Å². The number of rotatable bonds is 2. The van der Waals surface area contributed by atoms with E-state index in [1.807, 2.05) is 0 Å². The summed E-state index contributed by atoms with van der Waals surface area (Å²) >= 11 is 0. The first-order valence-electron chi connectivity index (χ1n) is 3.83. The Morgan fingerprint density at radius 3 is 2.29 bits per heavy atom. The van der Waals surface area contributed by atoms with Crippen molar-refractivity contribution in [3.05, 3.63) is 29.3 Å². The van der Waals surface area contributed by atoms with E-state index in [4.69, 9.17) is 5.11 Å². The number of hydrogen-bond acceptors (Lipinski definition) is 2. The SMILES string of the molecule is CN(C)c1cc(C(=O)O)c(F)cc1F. The summed E-state index contributed by atoms with van der Waals surface area (Å²) in [7, 11) is 3.09. The maximum absolute atomic E-state index is 13.1. The predicted molar refractivity (Wildman–Crippen MR) is 47.6 cm³/mol. The number of anilines is 1. The van der Waals surface area contributed by atoms with Crippen molar-refractivity contribution in [3.8, 4) is 0 Å². The van der Waals surface area contributed by atoms with Crippen LogP contribution in [0.4, 0.5) is 14.5 Å². The van der Waals surface area contributed by atoms with Crippen LogP contribution in [0.25, 0.3) is 0 Å². The largest absolute Gasteiger partial charge is 0.478 e. The highest BCUT2D eigenvalue weighted by molar-refractivity contribution is 5.89. The van der Waals surface area contributed by atoms with Gasteiger partial charge in [-0.05, 0) is 6.07 Å². The van der Waals surface area contributed by atoms with Crippen molar-refractivity contribution >= 4 is 11.7 Å². The molecule has 0 spiro atoms. The van der Waals surface area contributed by atoms with Crippen LogP contribution in [-0.2, 0) is 0 Å². The summed E-state index contributed by atoms with van der Waals surface area (Å²) in [6.45, 7) is 0. The van der Waals surface area contributed by atoms with E-state index >= 15 is 0 Å². The van der Waals surface area contributed by atoms with E-state index in [9.17, 15) is 13.6 Å². The van der Waals surface area contributed by atoms with Gasteiger partial charge in [0.05, 0.1) is 11.3 Å². The molecule has 1 N–H and O–H groups in total. The van der Waals surface area contributed by atoms with E-state index < -0.39 is 23.2 Å². The average molecular weight is 201 g/mol. The summed E-state index contributed by atoms with van der Waals surface area (Å²) in [4.78, 5) is 11.9. The number of hydrogen-bond donors (Lipinski definition) is 1. The standard InChI is InChI=1S/C9H9F2NO2/c1-12(2)8-3-5(9(13)14)6(10)4-7(8)11/h3-4H,1-2H3,(H,13,14). The molecular weight excluding hydrogens is 192 g/mol. The quantitative estimate of drug-likeness (QED) is 0.792. The summed E-state index contributed by atoms with van der Waals surface area (Å²) in [5.41, 5.74) is -0.487. The fourth-order valence-electron chi connectivity index (χ4n) is 1.04. The zero-order valence-electron chi connectivity index (χ0n) is 7.71. The molecule has 0 aliphatic carbocycles. The van der Waals surface area contributed by atoms with E-state index in [0.717, 1.165) is 6.07 Å². The first-order chi connectivity index (χ1) is 6.43. The van der Waals surface area contributed by atoms with Gasteiger partial charge < -0.3 is 10.0 Å². The third-order valence-electron chi connectivity index (χ3n) is 1.75. The molecule has 3 nitrogen and oxygen atoms in total. The van der Waals surface area contributed by atoms with Gasteiger partial charge in [0.25, 0.3) is 0 Å². The van der Waals surface area contributed by atoms with Crippen LogP contribution in [0.1, 0.15) is 10.4 Å². The second kappa shape index (κ2) is 3.61. The van der Waals surface area contributed by atoms with Crippen LogP contribution in [0, 0.1) is 11.6 Å². The first kappa shape index (κ1) is 10.4. The van der Waals surface area contributed by atoms with E-state index in [2.05, 4.69) is 0 Å². The molecule has 14 heavy (non-hydrogen) atoms. The molecule has 1 aromatic carbocycles. The van der Waals surface area contributed by atoms with Gasteiger partial charge in [-0.25, -0.2) is 13.6 Å². The van der Waals surface area contributed by atoms with Crippen molar-refractivity contribution in [2.24, 2.45) is 0 Å². The molecule has 0 heterocycles. The number of benzene rings is 1. The van der Waals surface area contributed by atoms with Gasteiger partial charge in [-0.2, -0.15) is 0 Å². The first-order valence-corrected chi connectivity index (χ1v) is 3.83. The van der Waals surface area contributed by atoms with Crippen LogP contribution in [0.3, 0.4) is 0 Å². The minimum Gasteiger partial charge on any atom is -0.478 e. The average Bonchev–Trinajstić information content (AvgIpc) is 2.02. The van der Waals surface area contributed by atoms with E-state index in [1.54, 1.807) is 14.1 Å². The van der Waals surface area contributed by atoms with Crippen LogP contribution in [0.2, 0.25) is 0 Å². The summed E-state index contributed by atoms with van der Waals surface area (Å²) in [6.07, 6.45) is 0. The lowest BCUT2D eigenvalue weighted by molar-refractivity contribution is 0.0692. The van der Waals surface area contributed by atoms with Crippen LogP contribution < -0.4 is 4.90 Å². The maximum Gasteiger partial charge on any atom is 0.338 e. The van der Waals surface area contributed by atoms with E-state index in [1.165, 1.54) is 4.90 Å². The van der Waals surface area contributed by atoms with Gasteiger partial charge in [0.1, 0.15) is 11.6 Å². The van der Waals surface area contributed by atoms with E-state index in [-0.39, 0.29) is 5.69 Å². The highest BCUT2D eigenvalue weighted by atomic mass is 19.1. The van der Waals surface area contributed by atoms with Crippen molar-refractivity contribution in [2.45, 2.75) is 0 Å². The Morgan fingerprint density at radius 2 is 1.86 bits per heavy atom. The lowest BCUT2D eigenvalue weighted by Gasteiger charge is -2.14. The van der Waals surface area contributed by atoms with Crippen molar-refractivity contribution in [1.29, 1.82) is 0 Å². The summed E-state index contributed by atoms with van der Waals surface area (Å²) < 4.78 is 26.0. The van der Waals surface area contributed by atoms with Gasteiger partial charge >= 0.3 is 5.97 Å². The van der Waals surface area contributed by atoms with Gasteiger partial charge in [0.15, 0.2) is 0 Å². The molecule has 0 amide bonds. The maximum atomic E-state index is 13.1. The molecule has 0 aromatic heterocycles. The predicted octanol–water partition coefficient (Wildman–Crippen LogP) is 1.73. The number of nitrogens with zero attached hydrogens (tertiary/aromatic N) is 1. The molecule has 5 heteroatoms. The molecule has 0 saturated carbocycles. The molecule has 1 aromatic rings. The van der Waals surface area contributed by atoms with Crippen molar-refractivity contribution in [3.63, 3.8) is 0 Å². The Hall–Kier alpha value is -1.65. The number of carbonyl (C=O) groups is 1. The number of aromatic carboxylic acids is 1. The molecule has 0 saturated heterocycles. The molecule has 0 aliphatic heterocycles. The van der Waals surface area contributed by atoms with E-state index in [0.29, 0.717) is 6.07 Å². The second-order valence-corrected chi connectivity index (χ2v) is 2.98. The summed E-state index contributed by atoms with van der Waals surface area (Å²) in [5, 5.41) is 8.58. The number of carboxylic acid groups (broad SMARTS) is 1. The van der Waals surface area contributed by atoms with Crippen LogP contribution in [0.15, 0.2) is 12.1 Å². The molecular formula is C9H9F2NO2. The molecule has 0 atom stereocenters. The van der Waals surface area contributed by atoms with Crippen molar-refractivity contribution < 1.29 is 18.7 Å². The van der Waals surface area contributed by atoms with Crippen molar-refractivity contribution in [1.82, 2.24) is 0 Å². The molecule has 76 valence electrons. The monoisotopic (exact) mass is 201 g/mol. The molecule has 0 fully saturated rings. The van der Waals surface area contributed by atoms with Gasteiger partial charge in [-0.3, -0.25) is 0 Å². The molecule has 0 unspecified atom stereocenters. The Balaban J connectivity index is 3.34. The second-order valence-electron chi connectivity index (χ2n) is 2.98. The van der Waals surface area contributed by atoms with Gasteiger partial charge in [-0.15, -0.1) is 0 Å². The Bertz CT molecular complexity index is 377. The summed E-state index contributed by atoms with van der Waals surface area (Å²) in [6, 6.07) is 1.53. The smallest absolute Gasteiger partial charge is 0.338 e. The zero-order chi connectivity index (χ0) is 10.9. The Morgan fingerprint density at radius 1 is 1.29 bits per heavy atom. The topological polar surface area (TPSA) is 40.5 Å². The summed E-state index contributed by atoms with van der Waals surface area (Å²) in [5.74, 6) is -3.26. The van der Waals surface area contributed by atoms with Crippen LogP contribution in [0.5, 0.6) is 0 Å². The molecule has 1 rings (SSSR count). The molecule has 0 radical (unpaired) electrons. The highest BCUT2D eigenvalue weighted by Gasteiger charge is 2.15.